The maximum atomic E-state index is 9.73. The van der Waals surface area contributed by atoms with E-state index in [0.717, 1.165) is 11.3 Å². The van der Waals surface area contributed by atoms with Crippen LogP contribution >= 0.6 is 11.6 Å². The van der Waals surface area contributed by atoms with Gasteiger partial charge in [0, 0.05) is 5.56 Å². The SMILES string of the molecule is CC(Nc1ccc(Cl)nc1)c1ccccc1O. The average Bonchev–Trinajstić information content (AvgIpc) is 2.32. The first-order valence-electron chi connectivity index (χ1n) is 5.33. The lowest BCUT2D eigenvalue weighted by atomic mass is 10.1. The molecule has 1 aromatic heterocycles. The molecule has 88 valence electrons. The molecule has 0 saturated carbocycles. The monoisotopic (exact) mass is 248 g/mol. The number of aromatic nitrogens is 1. The minimum Gasteiger partial charge on any atom is -0.508 e. The Morgan fingerprint density at radius 1 is 1.24 bits per heavy atom. The number of rotatable bonds is 3. The van der Waals surface area contributed by atoms with Gasteiger partial charge in [-0.1, -0.05) is 29.8 Å². The Hall–Kier alpha value is -1.74. The number of benzene rings is 1. The van der Waals surface area contributed by atoms with Gasteiger partial charge in [-0.05, 0) is 25.1 Å². The number of nitrogens with one attached hydrogen (secondary N) is 1. The Morgan fingerprint density at radius 3 is 2.65 bits per heavy atom. The molecule has 0 radical (unpaired) electrons. The van der Waals surface area contributed by atoms with Gasteiger partial charge in [0.05, 0.1) is 17.9 Å². The van der Waals surface area contributed by atoms with E-state index in [-0.39, 0.29) is 11.8 Å². The summed E-state index contributed by atoms with van der Waals surface area (Å²) in [5.41, 5.74) is 1.72. The van der Waals surface area contributed by atoms with Gasteiger partial charge in [0.25, 0.3) is 0 Å². The highest BCUT2D eigenvalue weighted by atomic mass is 35.5. The smallest absolute Gasteiger partial charge is 0.129 e. The van der Waals surface area contributed by atoms with Crippen LogP contribution in [0.25, 0.3) is 0 Å². The van der Waals surface area contributed by atoms with E-state index in [1.165, 1.54) is 0 Å². The van der Waals surface area contributed by atoms with Gasteiger partial charge in [-0.2, -0.15) is 0 Å². The molecule has 2 aromatic rings. The number of hydrogen-bond donors (Lipinski definition) is 2. The molecular weight excluding hydrogens is 236 g/mol. The second-order valence-corrected chi connectivity index (χ2v) is 4.18. The molecule has 0 aliphatic rings. The van der Waals surface area contributed by atoms with Crippen molar-refractivity contribution in [2.45, 2.75) is 13.0 Å². The molecule has 17 heavy (non-hydrogen) atoms. The highest BCUT2D eigenvalue weighted by Crippen LogP contribution is 2.26. The first-order chi connectivity index (χ1) is 8.16. The number of hydrogen-bond acceptors (Lipinski definition) is 3. The Morgan fingerprint density at radius 2 is 2.00 bits per heavy atom. The third-order valence-corrected chi connectivity index (χ3v) is 2.74. The van der Waals surface area contributed by atoms with Gasteiger partial charge >= 0.3 is 0 Å². The number of phenolic OH excluding ortho intramolecular Hbond substituents is 1. The summed E-state index contributed by atoms with van der Waals surface area (Å²) >= 11 is 5.71. The van der Waals surface area contributed by atoms with Crippen molar-refractivity contribution in [3.8, 4) is 5.75 Å². The quantitative estimate of drug-likeness (QED) is 0.816. The van der Waals surface area contributed by atoms with Crippen molar-refractivity contribution in [3.05, 3.63) is 53.3 Å². The summed E-state index contributed by atoms with van der Waals surface area (Å²) in [5, 5.41) is 13.4. The normalized spacial score (nSPS) is 12.1. The lowest BCUT2D eigenvalue weighted by Gasteiger charge is -2.16. The fourth-order valence-corrected chi connectivity index (χ4v) is 1.75. The van der Waals surface area contributed by atoms with E-state index in [9.17, 15) is 5.11 Å². The number of halogens is 1. The molecule has 0 fully saturated rings. The summed E-state index contributed by atoms with van der Waals surface area (Å²) in [5.74, 6) is 0.287. The van der Waals surface area contributed by atoms with E-state index >= 15 is 0 Å². The number of para-hydroxylation sites is 1. The zero-order valence-electron chi connectivity index (χ0n) is 9.39. The van der Waals surface area contributed by atoms with Crippen molar-refractivity contribution in [1.29, 1.82) is 0 Å². The summed E-state index contributed by atoms with van der Waals surface area (Å²) < 4.78 is 0. The van der Waals surface area contributed by atoms with Gasteiger partial charge in [-0.3, -0.25) is 0 Å². The van der Waals surface area contributed by atoms with Crippen molar-refractivity contribution in [2.24, 2.45) is 0 Å². The predicted octanol–water partition coefficient (Wildman–Crippen LogP) is 3.61. The number of anilines is 1. The zero-order chi connectivity index (χ0) is 12.3. The highest BCUT2D eigenvalue weighted by Gasteiger charge is 2.09. The van der Waals surface area contributed by atoms with E-state index in [1.54, 1.807) is 24.4 Å². The van der Waals surface area contributed by atoms with Crippen LogP contribution in [0.3, 0.4) is 0 Å². The number of pyridine rings is 1. The van der Waals surface area contributed by atoms with Gasteiger partial charge in [-0.15, -0.1) is 0 Å². The molecule has 0 saturated heterocycles. The third kappa shape index (κ3) is 2.88. The second-order valence-electron chi connectivity index (χ2n) is 3.79. The van der Waals surface area contributed by atoms with E-state index in [1.807, 2.05) is 25.1 Å². The van der Waals surface area contributed by atoms with E-state index < -0.39 is 0 Å². The zero-order valence-corrected chi connectivity index (χ0v) is 10.1. The first kappa shape index (κ1) is 11.7. The Labute approximate surface area is 105 Å². The fourth-order valence-electron chi connectivity index (χ4n) is 1.64. The molecule has 4 heteroatoms. The summed E-state index contributed by atoms with van der Waals surface area (Å²) in [7, 11) is 0. The van der Waals surface area contributed by atoms with Gasteiger partial charge < -0.3 is 10.4 Å². The van der Waals surface area contributed by atoms with Gasteiger partial charge in [-0.25, -0.2) is 4.98 Å². The van der Waals surface area contributed by atoms with Crippen LogP contribution in [0.5, 0.6) is 5.75 Å². The van der Waals surface area contributed by atoms with Crippen molar-refractivity contribution in [1.82, 2.24) is 4.98 Å². The standard InChI is InChI=1S/C13H13ClN2O/c1-9(11-4-2-3-5-12(11)17)16-10-6-7-13(14)15-8-10/h2-9,16-17H,1H3. The van der Waals surface area contributed by atoms with Crippen LogP contribution in [-0.4, -0.2) is 10.1 Å². The fraction of sp³-hybridized carbons (Fsp3) is 0.154. The first-order valence-corrected chi connectivity index (χ1v) is 5.70. The van der Waals surface area contributed by atoms with Gasteiger partial charge in [0.1, 0.15) is 10.9 Å². The minimum absolute atomic E-state index is 0.000763. The van der Waals surface area contributed by atoms with E-state index in [0.29, 0.717) is 5.15 Å². The maximum Gasteiger partial charge on any atom is 0.129 e. The molecule has 0 aliphatic heterocycles. The van der Waals surface area contributed by atoms with Crippen LogP contribution < -0.4 is 5.32 Å². The predicted molar refractivity (Wildman–Crippen MR) is 69.4 cm³/mol. The summed E-state index contributed by atoms with van der Waals surface area (Å²) in [6.07, 6.45) is 1.67. The van der Waals surface area contributed by atoms with Crippen LogP contribution in [-0.2, 0) is 0 Å². The largest absolute Gasteiger partial charge is 0.508 e. The summed E-state index contributed by atoms with van der Waals surface area (Å²) in [6, 6.07) is 10.8. The molecule has 1 aromatic carbocycles. The van der Waals surface area contributed by atoms with E-state index in [2.05, 4.69) is 10.3 Å². The number of phenols is 1. The molecule has 1 heterocycles. The molecule has 0 spiro atoms. The lowest BCUT2D eigenvalue weighted by Crippen LogP contribution is -2.06. The van der Waals surface area contributed by atoms with Gasteiger partial charge in [0.15, 0.2) is 0 Å². The molecule has 3 nitrogen and oxygen atoms in total. The Kier molecular flexibility index (Phi) is 3.49. The molecular formula is C13H13ClN2O. The second kappa shape index (κ2) is 5.06. The molecule has 2 N–H and O–H groups in total. The molecule has 1 atom stereocenters. The van der Waals surface area contributed by atoms with Crippen LogP contribution in [0.15, 0.2) is 42.6 Å². The van der Waals surface area contributed by atoms with Crippen molar-refractivity contribution in [2.75, 3.05) is 5.32 Å². The third-order valence-electron chi connectivity index (χ3n) is 2.51. The van der Waals surface area contributed by atoms with Crippen LogP contribution in [0, 0.1) is 0 Å². The van der Waals surface area contributed by atoms with Crippen LogP contribution in [0.4, 0.5) is 5.69 Å². The Balaban J connectivity index is 2.14. The average molecular weight is 249 g/mol. The van der Waals surface area contributed by atoms with E-state index in [4.69, 9.17) is 11.6 Å². The van der Waals surface area contributed by atoms with Crippen LogP contribution in [0.1, 0.15) is 18.5 Å². The molecule has 2 rings (SSSR count). The molecule has 0 aliphatic carbocycles. The molecule has 0 bridgehead atoms. The van der Waals surface area contributed by atoms with Crippen molar-refractivity contribution < 1.29 is 5.11 Å². The van der Waals surface area contributed by atoms with Gasteiger partial charge in [0.2, 0.25) is 0 Å². The topological polar surface area (TPSA) is 45.2 Å². The van der Waals surface area contributed by atoms with Crippen LogP contribution in [0.2, 0.25) is 5.15 Å². The highest BCUT2D eigenvalue weighted by molar-refractivity contribution is 6.29. The van der Waals surface area contributed by atoms with Crippen molar-refractivity contribution in [3.63, 3.8) is 0 Å². The number of aromatic hydroxyl groups is 1. The number of nitrogens with zero attached hydrogens (tertiary/aromatic N) is 1. The molecule has 0 amide bonds. The molecule has 1 unspecified atom stereocenters. The minimum atomic E-state index is -0.000763. The maximum absolute atomic E-state index is 9.73. The van der Waals surface area contributed by atoms with Crippen molar-refractivity contribution >= 4 is 17.3 Å². The summed E-state index contributed by atoms with van der Waals surface area (Å²) in [4.78, 5) is 3.99. The lowest BCUT2D eigenvalue weighted by molar-refractivity contribution is 0.465. The Bertz CT molecular complexity index is 499. The summed E-state index contributed by atoms with van der Waals surface area (Å²) in [6.45, 7) is 1.98.